The number of hydrogen-bond acceptors (Lipinski definition) is 6. The second kappa shape index (κ2) is 11.4. The van der Waals surface area contributed by atoms with Gasteiger partial charge in [0.1, 0.15) is 18.2 Å². The molecule has 1 aromatic heterocycles. The first-order valence-corrected chi connectivity index (χ1v) is 13.5. The molecule has 0 radical (unpaired) electrons. The van der Waals surface area contributed by atoms with Crippen LogP contribution < -0.4 is 10.1 Å². The van der Waals surface area contributed by atoms with E-state index in [0.717, 1.165) is 74.1 Å². The molecule has 2 N–H and O–H groups in total. The number of nitrogens with zero attached hydrogens (tertiary/aromatic N) is 2. The standard InChI is InChI=1S/C28H35N3O6/c32-26-24(20-8-4-1-5-9-20)30-28(35)36-14-6-2-3-7-18-10-11-19-12-13-29-25(22(19)15-18)37-21-16-23(27(33)34)31(26)17-21/h10-13,15,20-21,23-24H,1-9,14,16-17H2,(H,30,35)(H,33,34)/t21-,23+,24+/m1/s1. The SMILES string of the molecule is O=C1N[C@@H](C2CCCCC2)C(=O)N2C[C@@H](C[C@H]2C(=O)O)Oc2nccc3ccc(cc23)CCCCCO1. The summed E-state index contributed by atoms with van der Waals surface area (Å²) in [4.78, 5) is 44.5. The van der Waals surface area contributed by atoms with Gasteiger partial charge in [0.2, 0.25) is 11.8 Å². The van der Waals surface area contributed by atoms with Crippen molar-refractivity contribution in [2.24, 2.45) is 5.92 Å². The minimum Gasteiger partial charge on any atom is -0.480 e. The molecule has 1 saturated heterocycles. The molecule has 3 heterocycles. The molecule has 0 unspecified atom stereocenters. The molecule has 9 heteroatoms. The monoisotopic (exact) mass is 509 g/mol. The number of carboxylic acid groups (broad SMARTS) is 1. The number of nitrogens with one attached hydrogen (secondary N) is 1. The molecular formula is C28H35N3O6. The Bertz CT molecular complexity index is 1150. The normalized spacial score (nSPS) is 26.2. The van der Waals surface area contributed by atoms with Crippen molar-refractivity contribution in [3.05, 3.63) is 36.0 Å². The van der Waals surface area contributed by atoms with Crippen LogP contribution in [0.1, 0.15) is 63.4 Å². The van der Waals surface area contributed by atoms with Crippen LogP contribution in [-0.2, 0) is 20.7 Å². The molecule has 198 valence electrons. The lowest BCUT2D eigenvalue weighted by atomic mass is 9.83. The van der Waals surface area contributed by atoms with Crippen LogP contribution in [0, 0.1) is 5.92 Å². The summed E-state index contributed by atoms with van der Waals surface area (Å²) in [6.07, 6.45) is 8.84. The molecule has 3 atom stereocenters. The number of aromatic nitrogens is 1. The third-order valence-electron chi connectivity index (χ3n) is 7.91. The summed E-state index contributed by atoms with van der Waals surface area (Å²) >= 11 is 0. The first-order chi connectivity index (χ1) is 18.0. The lowest BCUT2D eigenvalue weighted by Crippen LogP contribution is -2.55. The zero-order valence-corrected chi connectivity index (χ0v) is 21.1. The van der Waals surface area contributed by atoms with Gasteiger partial charge in [0.15, 0.2) is 0 Å². The van der Waals surface area contributed by atoms with Gasteiger partial charge in [-0.15, -0.1) is 0 Å². The average Bonchev–Trinajstić information content (AvgIpc) is 3.33. The fourth-order valence-corrected chi connectivity index (χ4v) is 5.93. The van der Waals surface area contributed by atoms with Gasteiger partial charge in [0.25, 0.3) is 0 Å². The quantitative estimate of drug-likeness (QED) is 0.627. The zero-order chi connectivity index (χ0) is 25.8. The number of benzene rings is 1. The number of pyridine rings is 1. The van der Waals surface area contributed by atoms with Gasteiger partial charge in [0, 0.05) is 18.0 Å². The Morgan fingerprint density at radius 3 is 2.68 bits per heavy atom. The molecule has 4 bridgehead atoms. The second-order valence-corrected chi connectivity index (χ2v) is 10.5. The van der Waals surface area contributed by atoms with Gasteiger partial charge < -0.3 is 24.8 Å². The zero-order valence-electron chi connectivity index (χ0n) is 21.1. The Balaban J connectivity index is 1.46. The number of carboxylic acids is 1. The number of cyclic esters (lactones) is 1. The van der Waals surface area contributed by atoms with E-state index >= 15 is 0 Å². The lowest BCUT2D eigenvalue weighted by molar-refractivity contribution is -0.149. The van der Waals surface area contributed by atoms with Crippen LogP contribution in [0.25, 0.3) is 10.8 Å². The van der Waals surface area contributed by atoms with E-state index in [1.54, 1.807) is 6.20 Å². The Labute approximate surface area is 216 Å². The number of carbonyl (C=O) groups excluding carboxylic acids is 2. The smallest absolute Gasteiger partial charge is 0.407 e. The molecule has 5 rings (SSSR count). The fourth-order valence-electron chi connectivity index (χ4n) is 5.93. The van der Waals surface area contributed by atoms with Crippen LogP contribution in [0.4, 0.5) is 4.79 Å². The first-order valence-electron chi connectivity index (χ1n) is 13.5. The molecule has 2 aromatic rings. The van der Waals surface area contributed by atoms with Gasteiger partial charge in [-0.05, 0) is 67.5 Å². The van der Waals surface area contributed by atoms with Gasteiger partial charge in [-0.1, -0.05) is 31.4 Å². The maximum absolute atomic E-state index is 13.8. The largest absolute Gasteiger partial charge is 0.480 e. The van der Waals surface area contributed by atoms with E-state index in [4.69, 9.17) is 9.47 Å². The van der Waals surface area contributed by atoms with Crippen molar-refractivity contribution in [1.29, 1.82) is 0 Å². The van der Waals surface area contributed by atoms with E-state index < -0.39 is 30.3 Å². The number of rotatable bonds is 2. The predicted octanol–water partition coefficient (Wildman–Crippen LogP) is 4.07. The van der Waals surface area contributed by atoms with E-state index in [-0.39, 0.29) is 31.4 Å². The molecule has 3 aliphatic rings. The minimum absolute atomic E-state index is 0.0491. The van der Waals surface area contributed by atoms with E-state index in [1.165, 1.54) is 4.90 Å². The maximum atomic E-state index is 13.8. The number of amides is 2. The molecule has 1 aromatic carbocycles. The Morgan fingerprint density at radius 2 is 1.86 bits per heavy atom. The molecular weight excluding hydrogens is 474 g/mol. The second-order valence-electron chi connectivity index (χ2n) is 10.5. The van der Waals surface area contributed by atoms with E-state index in [1.807, 2.05) is 12.1 Å². The van der Waals surface area contributed by atoms with Crippen LogP contribution in [0.15, 0.2) is 30.5 Å². The molecule has 9 nitrogen and oxygen atoms in total. The summed E-state index contributed by atoms with van der Waals surface area (Å²) < 4.78 is 11.7. The van der Waals surface area contributed by atoms with E-state index in [9.17, 15) is 19.5 Å². The van der Waals surface area contributed by atoms with Crippen molar-refractivity contribution in [2.45, 2.75) is 82.4 Å². The van der Waals surface area contributed by atoms with Crippen molar-refractivity contribution in [1.82, 2.24) is 15.2 Å². The molecule has 2 amide bonds. The van der Waals surface area contributed by atoms with Crippen molar-refractivity contribution in [3.63, 3.8) is 0 Å². The molecule has 37 heavy (non-hydrogen) atoms. The Morgan fingerprint density at radius 1 is 1.05 bits per heavy atom. The summed E-state index contributed by atoms with van der Waals surface area (Å²) in [6, 6.07) is 6.30. The number of aliphatic carboxylic acids is 1. The number of aryl methyl sites for hydroxylation is 1. The summed E-state index contributed by atoms with van der Waals surface area (Å²) in [5.74, 6) is -1.05. The van der Waals surface area contributed by atoms with Crippen LogP contribution in [-0.4, -0.2) is 64.3 Å². The number of fused-ring (bicyclic) bond motifs is 3. The Kier molecular flexibility index (Phi) is 7.76. The third-order valence-corrected chi connectivity index (χ3v) is 7.91. The summed E-state index contributed by atoms with van der Waals surface area (Å²) in [5.41, 5.74) is 1.16. The topological polar surface area (TPSA) is 118 Å². The van der Waals surface area contributed by atoms with E-state index in [2.05, 4.69) is 22.4 Å². The molecule has 1 aliphatic carbocycles. The van der Waals surface area contributed by atoms with Crippen LogP contribution in [0.3, 0.4) is 0 Å². The molecule has 0 spiro atoms. The van der Waals surface area contributed by atoms with Crippen molar-refractivity contribution < 1.29 is 29.0 Å². The third kappa shape index (κ3) is 5.81. The van der Waals surface area contributed by atoms with Gasteiger partial charge in [-0.2, -0.15) is 0 Å². The van der Waals surface area contributed by atoms with Crippen LogP contribution >= 0.6 is 0 Å². The highest BCUT2D eigenvalue weighted by Gasteiger charge is 2.45. The highest BCUT2D eigenvalue weighted by Crippen LogP contribution is 2.32. The highest BCUT2D eigenvalue weighted by molar-refractivity contribution is 5.90. The average molecular weight is 510 g/mol. The molecule has 2 fully saturated rings. The van der Waals surface area contributed by atoms with Gasteiger partial charge in [0.05, 0.1) is 13.2 Å². The Hall–Kier alpha value is -3.36. The van der Waals surface area contributed by atoms with E-state index in [0.29, 0.717) is 5.88 Å². The van der Waals surface area contributed by atoms with Crippen LogP contribution in [0.2, 0.25) is 0 Å². The summed E-state index contributed by atoms with van der Waals surface area (Å²) in [7, 11) is 0. The van der Waals surface area contributed by atoms with Crippen molar-refractivity contribution in [3.8, 4) is 5.88 Å². The van der Waals surface area contributed by atoms with Gasteiger partial charge >= 0.3 is 12.1 Å². The number of carbonyl (C=O) groups is 3. The summed E-state index contributed by atoms with van der Waals surface area (Å²) in [5, 5.41) is 14.7. The van der Waals surface area contributed by atoms with Crippen molar-refractivity contribution >= 4 is 28.7 Å². The predicted molar refractivity (Wildman–Crippen MR) is 136 cm³/mol. The number of alkyl carbamates (subject to hydrolysis) is 1. The van der Waals surface area contributed by atoms with Crippen LogP contribution in [0.5, 0.6) is 5.88 Å². The molecule has 1 saturated carbocycles. The van der Waals surface area contributed by atoms with Crippen molar-refractivity contribution in [2.75, 3.05) is 13.2 Å². The lowest BCUT2D eigenvalue weighted by Gasteiger charge is -2.33. The molecule has 2 aliphatic heterocycles. The maximum Gasteiger partial charge on any atom is 0.407 e. The minimum atomic E-state index is -1.08. The number of hydrogen-bond donors (Lipinski definition) is 2. The fraction of sp³-hybridized carbons (Fsp3) is 0.571. The number of ether oxygens (including phenoxy) is 2. The highest BCUT2D eigenvalue weighted by atomic mass is 16.5. The summed E-state index contributed by atoms with van der Waals surface area (Å²) in [6.45, 7) is 0.397. The van der Waals surface area contributed by atoms with Gasteiger partial charge in [-0.25, -0.2) is 14.6 Å². The first kappa shape index (κ1) is 25.3. The van der Waals surface area contributed by atoms with Gasteiger partial charge in [-0.3, -0.25) is 4.79 Å².